The Morgan fingerprint density at radius 3 is 2.58 bits per heavy atom. The van der Waals surface area contributed by atoms with E-state index in [-0.39, 0.29) is 31.0 Å². The van der Waals surface area contributed by atoms with Crippen molar-refractivity contribution in [3.8, 4) is 5.75 Å². The highest BCUT2D eigenvalue weighted by atomic mass is 19.1. The highest BCUT2D eigenvalue weighted by Crippen LogP contribution is 2.21. The predicted octanol–water partition coefficient (Wildman–Crippen LogP) is 3.31. The summed E-state index contributed by atoms with van der Waals surface area (Å²) in [5.74, 6) is 0.0940. The Labute approximate surface area is 141 Å². The van der Waals surface area contributed by atoms with Crippen molar-refractivity contribution < 1.29 is 19.0 Å². The number of nitrogens with zero attached hydrogens (tertiary/aromatic N) is 1. The maximum atomic E-state index is 13.0. The summed E-state index contributed by atoms with van der Waals surface area (Å²) in [5, 5.41) is 9.13. The summed E-state index contributed by atoms with van der Waals surface area (Å²) in [6.45, 7) is 4.16. The van der Waals surface area contributed by atoms with Crippen molar-refractivity contribution in [1.29, 1.82) is 0 Å². The number of ether oxygens (including phenoxy) is 1. The molecule has 2 rings (SSSR count). The number of hydrogen-bond acceptors (Lipinski definition) is 3. The molecule has 2 aromatic rings. The Hall–Kier alpha value is -2.40. The van der Waals surface area contributed by atoms with Crippen LogP contribution in [0.3, 0.4) is 0 Å². The molecule has 1 amide bonds. The van der Waals surface area contributed by atoms with Gasteiger partial charge >= 0.3 is 0 Å². The highest BCUT2D eigenvalue weighted by Gasteiger charge is 2.20. The van der Waals surface area contributed by atoms with Crippen LogP contribution in [0, 0.1) is 5.82 Å². The van der Waals surface area contributed by atoms with Gasteiger partial charge in [-0.25, -0.2) is 4.39 Å². The van der Waals surface area contributed by atoms with Crippen LogP contribution in [0.2, 0.25) is 0 Å². The van der Waals surface area contributed by atoms with E-state index in [0.29, 0.717) is 12.3 Å². The van der Waals surface area contributed by atoms with E-state index in [4.69, 9.17) is 9.84 Å². The van der Waals surface area contributed by atoms with E-state index >= 15 is 0 Å². The van der Waals surface area contributed by atoms with E-state index in [0.717, 1.165) is 11.1 Å². The van der Waals surface area contributed by atoms with Gasteiger partial charge in [0, 0.05) is 6.54 Å². The Morgan fingerprint density at radius 2 is 1.96 bits per heavy atom. The molecular formula is C19H22FNO3. The highest BCUT2D eigenvalue weighted by molar-refractivity contribution is 5.78. The van der Waals surface area contributed by atoms with Crippen molar-refractivity contribution in [3.05, 3.63) is 65.5 Å². The minimum Gasteiger partial charge on any atom is -0.484 e. The number of carbonyl (C=O) groups excluding carboxylic acids is 1. The van der Waals surface area contributed by atoms with Crippen LogP contribution in [0.1, 0.15) is 31.0 Å². The number of amides is 1. The van der Waals surface area contributed by atoms with E-state index in [2.05, 4.69) is 0 Å². The first-order chi connectivity index (χ1) is 11.5. The van der Waals surface area contributed by atoms with Gasteiger partial charge < -0.3 is 14.7 Å². The molecular weight excluding hydrogens is 309 g/mol. The van der Waals surface area contributed by atoms with Crippen molar-refractivity contribution in [2.24, 2.45) is 0 Å². The molecule has 0 aromatic heterocycles. The third-order valence-corrected chi connectivity index (χ3v) is 3.92. The first-order valence-corrected chi connectivity index (χ1v) is 7.92. The number of likely N-dealkylation sites (N-methyl/N-ethyl adjacent to an activating group) is 1. The maximum Gasteiger partial charge on any atom is 0.260 e. The van der Waals surface area contributed by atoms with E-state index in [9.17, 15) is 9.18 Å². The minimum absolute atomic E-state index is 0.0756. The van der Waals surface area contributed by atoms with Crippen molar-refractivity contribution in [3.63, 3.8) is 0 Å². The zero-order valence-corrected chi connectivity index (χ0v) is 13.9. The van der Waals surface area contributed by atoms with Gasteiger partial charge in [-0.2, -0.15) is 0 Å². The lowest BCUT2D eigenvalue weighted by molar-refractivity contribution is -0.135. The number of hydrogen-bond donors (Lipinski definition) is 1. The fourth-order valence-corrected chi connectivity index (χ4v) is 2.55. The molecule has 0 saturated heterocycles. The van der Waals surface area contributed by atoms with Gasteiger partial charge in [-0.1, -0.05) is 24.3 Å². The molecule has 0 aliphatic rings. The van der Waals surface area contributed by atoms with Gasteiger partial charge in [-0.3, -0.25) is 4.79 Å². The largest absolute Gasteiger partial charge is 0.484 e. The van der Waals surface area contributed by atoms with Gasteiger partial charge in [-0.05, 0) is 49.2 Å². The van der Waals surface area contributed by atoms with Crippen molar-refractivity contribution in [2.45, 2.75) is 26.5 Å². The van der Waals surface area contributed by atoms with E-state index in [1.807, 2.05) is 13.8 Å². The number of carbonyl (C=O) groups is 1. The number of halogens is 1. The van der Waals surface area contributed by atoms with Crippen LogP contribution in [0.25, 0.3) is 0 Å². The lowest BCUT2D eigenvalue weighted by atomic mass is 10.1. The van der Waals surface area contributed by atoms with E-state index in [1.54, 1.807) is 41.3 Å². The summed E-state index contributed by atoms with van der Waals surface area (Å²) in [6, 6.07) is 13.0. The van der Waals surface area contributed by atoms with Crippen LogP contribution < -0.4 is 4.74 Å². The number of aliphatic hydroxyl groups is 1. The Kier molecular flexibility index (Phi) is 6.32. The fourth-order valence-electron chi connectivity index (χ4n) is 2.55. The Bertz CT molecular complexity index is 673. The van der Waals surface area contributed by atoms with Gasteiger partial charge in [0.2, 0.25) is 0 Å². The molecule has 0 aliphatic carbocycles. The summed E-state index contributed by atoms with van der Waals surface area (Å²) >= 11 is 0. The molecule has 0 aliphatic heterocycles. The summed E-state index contributed by atoms with van der Waals surface area (Å²) < 4.78 is 18.6. The van der Waals surface area contributed by atoms with Crippen LogP contribution in [-0.2, 0) is 11.4 Å². The number of rotatable bonds is 7. The molecule has 2 aromatic carbocycles. The monoisotopic (exact) mass is 331 g/mol. The third-order valence-electron chi connectivity index (χ3n) is 3.92. The molecule has 1 unspecified atom stereocenters. The summed E-state index contributed by atoms with van der Waals surface area (Å²) in [4.78, 5) is 14.1. The predicted molar refractivity (Wildman–Crippen MR) is 90.1 cm³/mol. The molecule has 0 heterocycles. The maximum absolute atomic E-state index is 13.0. The van der Waals surface area contributed by atoms with Crippen LogP contribution in [0.15, 0.2) is 48.5 Å². The average molecular weight is 331 g/mol. The Morgan fingerprint density at radius 1 is 1.25 bits per heavy atom. The van der Waals surface area contributed by atoms with Crippen molar-refractivity contribution in [2.75, 3.05) is 13.2 Å². The molecule has 1 atom stereocenters. The van der Waals surface area contributed by atoms with Gasteiger partial charge in [0.25, 0.3) is 5.91 Å². The van der Waals surface area contributed by atoms with Gasteiger partial charge in [0.15, 0.2) is 6.61 Å². The smallest absolute Gasteiger partial charge is 0.260 e. The molecule has 24 heavy (non-hydrogen) atoms. The number of aliphatic hydroxyl groups excluding tert-OH is 1. The second-order valence-electron chi connectivity index (χ2n) is 5.50. The molecule has 0 bridgehead atoms. The zero-order valence-electron chi connectivity index (χ0n) is 13.9. The second kappa shape index (κ2) is 8.45. The molecule has 0 radical (unpaired) electrons. The molecule has 0 fully saturated rings. The quantitative estimate of drug-likeness (QED) is 0.847. The van der Waals surface area contributed by atoms with E-state index in [1.165, 1.54) is 12.1 Å². The van der Waals surface area contributed by atoms with Crippen LogP contribution in [-0.4, -0.2) is 29.1 Å². The number of benzene rings is 2. The zero-order chi connectivity index (χ0) is 17.5. The molecule has 0 spiro atoms. The minimum atomic E-state index is -0.299. The SMILES string of the molecule is CCN(C(=O)COc1cccc(CO)c1)C(C)c1ccc(F)cc1. The normalized spacial score (nSPS) is 11.8. The summed E-state index contributed by atoms with van der Waals surface area (Å²) in [5.41, 5.74) is 1.60. The molecule has 4 nitrogen and oxygen atoms in total. The molecule has 0 saturated carbocycles. The van der Waals surface area contributed by atoms with Crippen LogP contribution >= 0.6 is 0 Å². The molecule has 128 valence electrons. The van der Waals surface area contributed by atoms with Crippen LogP contribution in [0.4, 0.5) is 4.39 Å². The van der Waals surface area contributed by atoms with Crippen molar-refractivity contribution >= 4 is 5.91 Å². The molecule has 5 heteroatoms. The van der Waals surface area contributed by atoms with Crippen molar-refractivity contribution in [1.82, 2.24) is 4.90 Å². The van der Waals surface area contributed by atoms with Gasteiger partial charge in [0.1, 0.15) is 11.6 Å². The van der Waals surface area contributed by atoms with Crippen LogP contribution in [0.5, 0.6) is 5.75 Å². The lowest BCUT2D eigenvalue weighted by Gasteiger charge is -2.28. The topological polar surface area (TPSA) is 49.8 Å². The molecule has 1 N–H and O–H groups in total. The summed E-state index contributed by atoms with van der Waals surface area (Å²) in [6.07, 6.45) is 0. The second-order valence-corrected chi connectivity index (χ2v) is 5.50. The Balaban J connectivity index is 2.01. The van der Waals surface area contributed by atoms with E-state index < -0.39 is 0 Å². The first-order valence-electron chi connectivity index (χ1n) is 7.92. The fraction of sp³-hybridized carbons (Fsp3) is 0.316. The summed E-state index contributed by atoms with van der Waals surface area (Å²) in [7, 11) is 0. The third kappa shape index (κ3) is 4.55. The average Bonchev–Trinajstić information content (AvgIpc) is 2.61. The first kappa shape index (κ1) is 17.9. The van der Waals surface area contributed by atoms with Gasteiger partial charge in [0.05, 0.1) is 12.6 Å². The lowest BCUT2D eigenvalue weighted by Crippen LogP contribution is -2.36. The van der Waals surface area contributed by atoms with Gasteiger partial charge in [-0.15, -0.1) is 0 Å². The standard InChI is InChI=1S/C19H22FNO3/c1-3-21(14(2)16-7-9-17(20)10-8-16)19(23)13-24-18-6-4-5-15(11-18)12-22/h4-11,14,22H,3,12-13H2,1-2H3.